The first-order chi connectivity index (χ1) is 12.2. The number of alkyl halides is 3. The summed E-state index contributed by atoms with van der Waals surface area (Å²) in [6.45, 7) is 0.416. The predicted octanol–water partition coefficient (Wildman–Crippen LogP) is 2.02. The number of hydrogen-bond donors (Lipinski definition) is 1. The maximum absolute atomic E-state index is 12.4. The highest BCUT2D eigenvalue weighted by molar-refractivity contribution is 7.93. The SMILES string of the molecule is O=S(=O)(Nc1cncs1)c1ccc(N2CCN(CC(F)(F)F)CC2)nc1. The quantitative estimate of drug-likeness (QED) is 0.817. The lowest BCUT2D eigenvalue weighted by Gasteiger charge is -2.35. The molecule has 1 N–H and O–H groups in total. The number of nitrogens with one attached hydrogen (secondary N) is 1. The van der Waals surface area contributed by atoms with Crippen molar-refractivity contribution in [2.24, 2.45) is 0 Å². The molecule has 0 spiro atoms. The number of rotatable bonds is 5. The second-order valence-electron chi connectivity index (χ2n) is 5.70. The van der Waals surface area contributed by atoms with Crippen LogP contribution in [0, 0.1) is 0 Å². The molecule has 26 heavy (non-hydrogen) atoms. The van der Waals surface area contributed by atoms with Crippen molar-refractivity contribution in [1.29, 1.82) is 0 Å². The van der Waals surface area contributed by atoms with Crippen molar-refractivity contribution in [3.63, 3.8) is 0 Å². The van der Waals surface area contributed by atoms with E-state index in [2.05, 4.69) is 14.7 Å². The molecule has 0 bridgehead atoms. The van der Waals surface area contributed by atoms with Gasteiger partial charge in [0.15, 0.2) is 0 Å². The first-order valence-corrected chi connectivity index (χ1v) is 10.0. The van der Waals surface area contributed by atoms with Gasteiger partial charge in [-0.1, -0.05) is 0 Å². The third-order valence-corrected chi connectivity index (χ3v) is 5.97. The van der Waals surface area contributed by atoms with Gasteiger partial charge in [0.1, 0.15) is 15.7 Å². The Hall–Kier alpha value is -1.92. The van der Waals surface area contributed by atoms with E-state index in [1.54, 1.807) is 6.07 Å². The van der Waals surface area contributed by atoms with Gasteiger partial charge in [0.05, 0.1) is 18.3 Å². The van der Waals surface area contributed by atoms with E-state index >= 15 is 0 Å². The summed E-state index contributed by atoms with van der Waals surface area (Å²) in [4.78, 5) is 11.1. The molecule has 3 rings (SSSR count). The zero-order chi connectivity index (χ0) is 18.8. The van der Waals surface area contributed by atoms with Crippen molar-refractivity contribution in [3.05, 3.63) is 30.0 Å². The Bertz CT molecular complexity index is 817. The Morgan fingerprint density at radius 1 is 1.15 bits per heavy atom. The summed E-state index contributed by atoms with van der Waals surface area (Å²) in [5.74, 6) is 0.536. The van der Waals surface area contributed by atoms with Crippen LogP contribution in [0.1, 0.15) is 0 Å². The van der Waals surface area contributed by atoms with Crippen LogP contribution in [-0.2, 0) is 10.0 Å². The molecule has 0 atom stereocenters. The predicted molar refractivity (Wildman–Crippen MR) is 91.9 cm³/mol. The summed E-state index contributed by atoms with van der Waals surface area (Å²) in [5.41, 5.74) is 1.51. The Morgan fingerprint density at radius 3 is 2.42 bits per heavy atom. The monoisotopic (exact) mass is 407 g/mol. The van der Waals surface area contributed by atoms with Crippen LogP contribution in [0.4, 0.5) is 24.0 Å². The van der Waals surface area contributed by atoms with Gasteiger partial charge in [0, 0.05) is 32.4 Å². The highest BCUT2D eigenvalue weighted by Crippen LogP contribution is 2.22. The van der Waals surface area contributed by atoms with Crippen molar-refractivity contribution in [2.45, 2.75) is 11.1 Å². The van der Waals surface area contributed by atoms with Gasteiger partial charge in [-0.2, -0.15) is 13.2 Å². The maximum Gasteiger partial charge on any atom is 0.401 e. The third kappa shape index (κ3) is 4.83. The zero-order valence-corrected chi connectivity index (χ0v) is 15.1. The van der Waals surface area contributed by atoms with Crippen molar-refractivity contribution in [1.82, 2.24) is 14.9 Å². The molecule has 0 radical (unpaired) electrons. The molecule has 12 heteroatoms. The average molecular weight is 407 g/mol. The fourth-order valence-corrected chi connectivity index (χ4v) is 4.32. The molecule has 3 heterocycles. The maximum atomic E-state index is 12.4. The van der Waals surface area contributed by atoms with E-state index in [-0.39, 0.29) is 18.0 Å². The minimum atomic E-state index is -4.21. The average Bonchev–Trinajstić information content (AvgIpc) is 3.06. The summed E-state index contributed by atoms with van der Waals surface area (Å²) >= 11 is 1.16. The number of halogens is 3. The number of anilines is 2. The molecule has 2 aromatic rings. The number of sulfonamides is 1. The largest absolute Gasteiger partial charge is 0.401 e. The van der Waals surface area contributed by atoms with Crippen molar-refractivity contribution in [2.75, 3.05) is 42.3 Å². The van der Waals surface area contributed by atoms with Crippen molar-refractivity contribution < 1.29 is 21.6 Å². The van der Waals surface area contributed by atoms with E-state index < -0.39 is 22.7 Å². The van der Waals surface area contributed by atoms with Crippen LogP contribution in [0.25, 0.3) is 0 Å². The Labute approximate surface area is 152 Å². The van der Waals surface area contributed by atoms with E-state index in [4.69, 9.17) is 0 Å². The van der Waals surface area contributed by atoms with Crippen molar-refractivity contribution >= 4 is 32.2 Å². The molecule has 1 aliphatic heterocycles. The highest BCUT2D eigenvalue weighted by atomic mass is 32.2. The van der Waals surface area contributed by atoms with E-state index in [9.17, 15) is 21.6 Å². The van der Waals surface area contributed by atoms with Crippen LogP contribution < -0.4 is 9.62 Å². The number of thiazole rings is 1. The van der Waals surface area contributed by atoms with E-state index in [0.717, 1.165) is 11.3 Å². The second-order valence-corrected chi connectivity index (χ2v) is 8.27. The molecule has 0 aromatic carbocycles. The van der Waals surface area contributed by atoms with Crippen molar-refractivity contribution in [3.8, 4) is 0 Å². The van der Waals surface area contributed by atoms with Crippen LogP contribution in [0.2, 0.25) is 0 Å². The smallest absolute Gasteiger partial charge is 0.354 e. The Balaban J connectivity index is 1.62. The second kappa shape index (κ2) is 7.37. The number of pyridine rings is 1. The molecule has 0 aliphatic carbocycles. The van der Waals surface area contributed by atoms with E-state index in [0.29, 0.717) is 23.9 Å². The molecule has 1 saturated heterocycles. The van der Waals surface area contributed by atoms with E-state index in [1.165, 1.54) is 28.9 Å². The van der Waals surface area contributed by atoms with Gasteiger partial charge in [-0.3, -0.25) is 14.6 Å². The fourth-order valence-electron chi connectivity index (χ4n) is 2.56. The standard InChI is InChI=1S/C14H16F3N5O2S2/c15-14(16,17)9-21-3-5-22(6-4-21)12-2-1-11(7-19-12)26(23,24)20-13-8-18-10-25-13/h1-2,7-8,10,20H,3-6,9H2. The van der Waals surface area contributed by atoms with Gasteiger partial charge in [-0.15, -0.1) is 11.3 Å². The van der Waals surface area contributed by atoms with Crippen LogP contribution in [0.15, 0.2) is 34.9 Å². The summed E-state index contributed by atoms with van der Waals surface area (Å²) in [6.07, 6.45) is -1.56. The lowest BCUT2D eigenvalue weighted by atomic mass is 10.3. The summed E-state index contributed by atoms with van der Waals surface area (Å²) in [6, 6.07) is 2.98. The summed E-state index contributed by atoms with van der Waals surface area (Å²) in [7, 11) is -3.75. The van der Waals surface area contributed by atoms with Crippen LogP contribution in [0.3, 0.4) is 0 Å². The van der Waals surface area contributed by atoms with Crippen LogP contribution in [0.5, 0.6) is 0 Å². The highest BCUT2D eigenvalue weighted by Gasteiger charge is 2.32. The van der Waals surface area contributed by atoms with E-state index in [1.807, 2.05) is 4.90 Å². The first kappa shape index (κ1) is 18.9. The Morgan fingerprint density at radius 2 is 1.88 bits per heavy atom. The number of hydrogen-bond acceptors (Lipinski definition) is 7. The van der Waals surface area contributed by atoms with Crippen LogP contribution >= 0.6 is 11.3 Å². The van der Waals surface area contributed by atoms with Gasteiger partial charge in [-0.05, 0) is 12.1 Å². The zero-order valence-electron chi connectivity index (χ0n) is 13.5. The van der Waals surface area contributed by atoms with Gasteiger partial charge in [-0.25, -0.2) is 13.4 Å². The van der Waals surface area contributed by atoms with Gasteiger partial charge >= 0.3 is 6.18 Å². The number of piperazine rings is 1. The summed E-state index contributed by atoms with van der Waals surface area (Å²) in [5, 5.41) is 0.398. The van der Waals surface area contributed by atoms with Gasteiger partial charge in [0.25, 0.3) is 10.0 Å². The fraction of sp³-hybridized carbons (Fsp3) is 0.429. The molecule has 2 aromatic heterocycles. The molecular weight excluding hydrogens is 391 g/mol. The molecule has 142 valence electrons. The molecule has 1 aliphatic rings. The van der Waals surface area contributed by atoms with Gasteiger partial charge in [0.2, 0.25) is 0 Å². The Kier molecular flexibility index (Phi) is 5.34. The van der Waals surface area contributed by atoms with Gasteiger partial charge < -0.3 is 4.90 Å². The molecule has 0 saturated carbocycles. The minimum Gasteiger partial charge on any atom is -0.354 e. The lowest BCUT2D eigenvalue weighted by Crippen LogP contribution is -2.49. The molecule has 7 nitrogen and oxygen atoms in total. The first-order valence-electron chi connectivity index (χ1n) is 7.64. The normalized spacial score (nSPS) is 16.7. The molecule has 1 fully saturated rings. The minimum absolute atomic E-state index is 0.00496. The molecular formula is C14H16F3N5O2S2. The third-order valence-electron chi connectivity index (χ3n) is 3.80. The molecule has 0 unspecified atom stereocenters. The number of nitrogens with zero attached hydrogens (tertiary/aromatic N) is 4. The molecule has 0 amide bonds. The van der Waals surface area contributed by atoms with Crippen LogP contribution in [-0.4, -0.2) is 62.2 Å². The number of aromatic nitrogens is 2. The lowest BCUT2D eigenvalue weighted by molar-refractivity contribution is -0.146. The summed E-state index contributed by atoms with van der Waals surface area (Å²) < 4.78 is 64.2. The topological polar surface area (TPSA) is 78.4 Å².